The summed E-state index contributed by atoms with van der Waals surface area (Å²) < 4.78 is 5.70. The summed E-state index contributed by atoms with van der Waals surface area (Å²) in [7, 11) is 0. The fourth-order valence-corrected chi connectivity index (χ4v) is 2.41. The molecule has 1 amide bonds. The minimum atomic E-state index is -1.10. The maximum atomic E-state index is 12.3. The quantitative estimate of drug-likeness (QED) is 0.843. The van der Waals surface area contributed by atoms with Gasteiger partial charge in [-0.3, -0.25) is 4.79 Å². The van der Waals surface area contributed by atoms with Gasteiger partial charge >= 0.3 is 5.97 Å². The van der Waals surface area contributed by atoms with Gasteiger partial charge in [-0.15, -0.1) is 0 Å². The molecular formula is C16H21NO4. The zero-order chi connectivity index (χ0) is 15.5. The monoisotopic (exact) mass is 291 g/mol. The first kappa shape index (κ1) is 15.4. The first-order valence-electron chi connectivity index (χ1n) is 7.25. The van der Waals surface area contributed by atoms with Crippen molar-refractivity contribution in [3.8, 4) is 5.75 Å². The predicted octanol–water partition coefficient (Wildman–Crippen LogP) is 2.28. The highest BCUT2D eigenvalue weighted by atomic mass is 16.5. The van der Waals surface area contributed by atoms with Gasteiger partial charge in [-0.25, -0.2) is 4.79 Å². The van der Waals surface area contributed by atoms with Gasteiger partial charge in [0.15, 0.2) is 6.10 Å². The summed E-state index contributed by atoms with van der Waals surface area (Å²) in [5.74, 6) is -0.705. The zero-order valence-corrected chi connectivity index (χ0v) is 12.4. The lowest BCUT2D eigenvalue weighted by atomic mass is 9.76. The Labute approximate surface area is 124 Å². The molecule has 1 atom stereocenters. The Bertz CT molecular complexity index is 537. The molecule has 1 aliphatic carbocycles. The summed E-state index contributed by atoms with van der Waals surface area (Å²) >= 11 is 0. The van der Waals surface area contributed by atoms with Crippen molar-refractivity contribution in [3.63, 3.8) is 0 Å². The van der Waals surface area contributed by atoms with Crippen LogP contribution in [0.15, 0.2) is 24.3 Å². The highest BCUT2D eigenvalue weighted by molar-refractivity contribution is 5.90. The Kier molecular flexibility index (Phi) is 4.50. The number of aliphatic carboxylic acids is 1. The molecule has 1 unspecified atom stereocenters. The van der Waals surface area contributed by atoms with Crippen LogP contribution in [0.5, 0.6) is 5.75 Å². The Morgan fingerprint density at radius 1 is 1.43 bits per heavy atom. The first-order valence-corrected chi connectivity index (χ1v) is 7.25. The molecule has 0 heterocycles. The minimum Gasteiger partial charge on any atom is -0.481 e. The van der Waals surface area contributed by atoms with E-state index in [4.69, 9.17) is 4.74 Å². The molecule has 5 heteroatoms. The Balaban J connectivity index is 2.03. The third-order valence-corrected chi connectivity index (χ3v) is 3.91. The van der Waals surface area contributed by atoms with E-state index in [-0.39, 0.29) is 5.91 Å². The summed E-state index contributed by atoms with van der Waals surface area (Å²) in [5.41, 5.74) is -0.0516. The van der Waals surface area contributed by atoms with Crippen molar-refractivity contribution < 1.29 is 19.4 Å². The SMILES string of the molecule is CCC(Oc1cccc(C)c1)C(=O)NC1(C(=O)O)CCC1. The number of hydrogen-bond acceptors (Lipinski definition) is 3. The van der Waals surface area contributed by atoms with E-state index in [9.17, 15) is 14.7 Å². The van der Waals surface area contributed by atoms with E-state index in [1.54, 1.807) is 6.07 Å². The lowest BCUT2D eigenvalue weighted by Gasteiger charge is -2.39. The van der Waals surface area contributed by atoms with Crippen molar-refractivity contribution in [1.82, 2.24) is 5.32 Å². The van der Waals surface area contributed by atoms with Crippen LogP contribution < -0.4 is 10.1 Å². The molecule has 0 radical (unpaired) electrons. The minimum absolute atomic E-state index is 0.360. The summed E-state index contributed by atoms with van der Waals surface area (Å²) in [5, 5.41) is 11.9. The van der Waals surface area contributed by atoms with Gasteiger partial charge in [-0.1, -0.05) is 19.1 Å². The number of rotatable bonds is 6. The van der Waals surface area contributed by atoms with Crippen molar-refractivity contribution >= 4 is 11.9 Å². The molecule has 21 heavy (non-hydrogen) atoms. The number of nitrogens with one attached hydrogen (secondary N) is 1. The van der Waals surface area contributed by atoms with Crippen LogP contribution in [-0.2, 0) is 9.59 Å². The third-order valence-electron chi connectivity index (χ3n) is 3.91. The van der Waals surface area contributed by atoms with Gasteiger partial charge in [0.25, 0.3) is 5.91 Å². The van der Waals surface area contributed by atoms with Crippen LogP contribution in [0.3, 0.4) is 0 Å². The Hall–Kier alpha value is -2.04. The number of benzene rings is 1. The van der Waals surface area contributed by atoms with E-state index in [2.05, 4.69) is 5.32 Å². The molecule has 0 aromatic heterocycles. The van der Waals surface area contributed by atoms with Crippen LogP contribution in [-0.4, -0.2) is 28.6 Å². The van der Waals surface area contributed by atoms with Crippen LogP contribution >= 0.6 is 0 Å². The van der Waals surface area contributed by atoms with E-state index < -0.39 is 17.6 Å². The number of ether oxygens (including phenoxy) is 1. The topological polar surface area (TPSA) is 75.6 Å². The van der Waals surface area contributed by atoms with Crippen LogP contribution in [0.1, 0.15) is 38.2 Å². The standard InChI is InChI=1S/C16H21NO4/c1-3-13(21-12-7-4-6-11(2)10-12)14(18)17-16(15(19)20)8-5-9-16/h4,6-7,10,13H,3,5,8-9H2,1-2H3,(H,17,18)(H,19,20). The molecule has 114 valence electrons. The number of carbonyl (C=O) groups excluding carboxylic acids is 1. The maximum Gasteiger partial charge on any atom is 0.329 e. The van der Waals surface area contributed by atoms with Crippen molar-refractivity contribution in [1.29, 1.82) is 0 Å². The first-order chi connectivity index (χ1) is 9.97. The molecule has 1 aliphatic rings. The van der Waals surface area contributed by atoms with Gasteiger partial charge in [0.1, 0.15) is 11.3 Å². The van der Waals surface area contributed by atoms with Gasteiger partial charge in [-0.05, 0) is 50.3 Å². The zero-order valence-electron chi connectivity index (χ0n) is 12.4. The van der Waals surface area contributed by atoms with Gasteiger partial charge in [-0.2, -0.15) is 0 Å². The molecule has 0 aliphatic heterocycles. The summed E-state index contributed by atoms with van der Waals surface area (Å²) in [4.78, 5) is 23.6. The number of carboxylic acid groups (broad SMARTS) is 1. The largest absolute Gasteiger partial charge is 0.481 e. The van der Waals surface area contributed by atoms with Crippen molar-refractivity contribution in [2.24, 2.45) is 0 Å². The van der Waals surface area contributed by atoms with Gasteiger partial charge in [0.05, 0.1) is 0 Å². The average Bonchev–Trinajstić information content (AvgIpc) is 2.39. The van der Waals surface area contributed by atoms with E-state index in [1.165, 1.54) is 0 Å². The molecule has 2 N–H and O–H groups in total. The summed E-state index contributed by atoms with van der Waals surface area (Å²) in [6.45, 7) is 3.79. The number of aryl methyl sites for hydroxylation is 1. The maximum absolute atomic E-state index is 12.3. The molecule has 0 saturated heterocycles. The number of hydrogen-bond donors (Lipinski definition) is 2. The predicted molar refractivity (Wildman–Crippen MR) is 78.2 cm³/mol. The fraction of sp³-hybridized carbons (Fsp3) is 0.500. The Morgan fingerprint density at radius 2 is 2.14 bits per heavy atom. The molecule has 5 nitrogen and oxygen atoms in total. The average molecular weight is 291 g/mol. The van der Waals surface area contributed by atoms with E-state index >= 15 is 0 Å². The molecular weight excluding hydrogens is 270 g/mol. The number of amides is 1. The molecule has 1 fully saturated rings. The fourth-order valence-electron chi connectivity index (χ4n) is 2.41. The summed E-state index contributed by atoms with van der Waals surface area (Å²) in [6.07, 6.45) is 1.59. The normalized spacial score (nSPS) is 17.4. The van der Waals surface area contributed by atoms with Gasteiger partial charge in [0.2, 0.25) is 0 Å². The van der Waals surface area contributed by atoms with Crippen LogP contribution in [0, 0.1) is 6.92 Å². The van der Waals surface area contributed by atoms with Crippen molar-refractivity contribution in [2.75, 3.05) is 0 Å². The smallest absolute Gasteiger partial charge is 0.329 e. The number of carboxylic acids is 1. The highest BCUT2D eigenvalue weighted by Crippen LogP contribution is 2.32. The van der Waals surface area contributed by atoms with Crippen LogP contribution in [0.25, 0.3) is 0 Å². The highest BCUT2D eigenvalue weighted by Gasteiger charge is 2.46. The lowest BCUT2D eigenvalue weighted by molar-refractivity contribution is -0.153. The second-order valence-electron chi connectivity index (χ2n) is 5.56. The molecule has 0 bridgehead atoms. The molecule has 2 rings (SSSR count). The van der Waals surface area contributed by atoms with Crippen molar-refractivity contribution in [3.05, 3.63) is 29.8 Å². The van der Waals surface area contributed by atoms with E-state index in [0.29, 0.717) is 25.0 Å². The van der Waals surface area contributed by atoms with Gasteiger partial charge in [0, 0.05) is 0 Å². The van der Waals surface area contributed by atoms with E-state index in [0.717, 1.165) is 12.0 Å². The number of carbonyl (C=O) groups is 2. The third kappa shape index (κ3) is 3.35. The molecule has 1 aromatic carbocycles. The second kappa shape index (κ2) is 6.16. The van der Waals surface area contributed by atoms with Crippen LogP contribution in [0.4, 0.5) is 0 Å². The Morgan fingerprint density at radius 3 is 2.62 bits per heavy atom. The lowest BCUT2D eigenvalue weighted by Crippen LogP contribution is -2.61. The molecule has 0 spiro atoms. The van der Waals surface area contributed by atoms with Crippen LogP contribution in [0.2, 0.25) is 0 Å². The van der Waals surface area contributed by atoms with Gasteiger partial charge < -0.3 is 15.2 Å². The van der Waals surface area contributed by atoms with Crippen molar-refractivity contribution in [2.45, 2.75) is 51.2 Å². The summed E-state index contributed by atoms with van der Waals surface area (Å²) in [6, 6.07) is 7.45. The van der Waals surface area contributed by atoms with E-state index in [1.807, 2.05) is 32.0 Å². The second-order valence-corrected chi connectivity index (χ2v) is 5.56. The molecule has 1 saturated carbocycles. The molecule has 1 aromatic rings.